The number of hydrogen-bond acceptors (Lipinski definition) is 4. The highest BCUT2D eigenvalue weighted by molar-refractivity contribution is 6.24. The molecule has 0 atom stereocenters. The summed E-state index contributed by atoms with van der Waals surface area (Å²) >= 11 is 0. The number of aliphatic hydroxyl groups excluding tert-OH is 1. The Hall–Kier alpha value is -3.41. The Kier molecular flexibility index (Phi) is 4.84. The molecule has 26 heavy (non-hydrogen) atoms. The van der Waals surface area contributed by atoms with E-state index in [4.69, 9.17) is 5.41 Å². The molecule has 1 amide bonds. The average molecular weight is 348 g/mol. The lowest BCUT2D eigenvalue weighted by Crippen LogP contribution is -2.19. The molecule has 3 N–H and O–H groups in total. The number of fused-ring (bicyclic) bond motifs is 1. The van der Waals surface area contributed by atoms with E-state index in [1.807, 2.05) is 35.9 Å². The minimum Gasteiger partial charge on any atom is -0.515 e. The standard InChI is InChI=1S/C20H20N4O2/c1-13-7-9-15(10-8-13)11-24-18-6-4-3-5-16(18)19(23-24)22-20(26)17(12-25)14(2)21/h3-10,12,21,25H,11H2,1-2H3,(H,22,23,26)/b17-12+,21-14?. The molecule has 6 nitrogen and oxygen atoms in total. The van der Waals surface area contributed by atoms with Crippen LogP contribution in [0.2, 0.25) is 0 Å². The van der Waals surface area contributed by atoms with Gasteiger partial charge in [-0.15, -0.1) is 0 Å². The number of hydrogen-bond donors (Lipinski definition) is 3. The topological polar surface area (TPSA) is 91.0 Å². The molecule has 0 unspecified atom stereocenters. The second kappa shape index (κ2) is 7.23. The van der Waals surface area contributed by atoms with Crippen LogP contribution in [0.25, 0.3) is 10.9 Å². The molecule has 3 aromatic rings. The predicted molar refractivity (Wildman–Crippen MR) is 103 cm³/mol. The Morgan fingerprint density at radius 1 is 1.23 bits per heavy atom. The van der Waals surface area contributed by atoms with Crippen molar-refractivity contribution in [2.75, 3.05) is 5.32 Å². The van der Waals surface area contributed by atoms with E-state index in [-0.39, 0.29) is 11.3 Å². The normalized spacial score (nSPS) is 11.5. The number of para-hydroxylation sites is 1. The summed E-state index contributed by atoms with van der Waals surface area (Å²) in [5, 5.41) is 24.8. The van der Waals surface area contributed by atoms with Gasteiger partial charge in [-0.1, -0.05) is 42.0 Å². The van der Waals surface area contributed by atoms with Crippen LogP contribution in [0.5, 0.6) is 0 Å². The summed E-state index contributed by atoms with van der Waals surface area (Å²) in [5.41, 5.74) is 3.07. The van der Waals surface area contributed by atoms with Gasteiger partial charge in [-0.05, 0) is 31.5 Å². The number of nitrogens with zero attached hydrogens (tertiary/aromatic N) is 2. The maximum absolute atomic E-state index is 12.3. The Morgan fingerprint density at radius 3 is 2.58 bits per heavy atom. The van der Waals surface area contributed by atoms with E-state index in [0.717, 1.165) is 16.5 Å². The third-order valence-electron chi connectivity index (χ3n) is 4.12. The Balaban J connectivity index is 1.96. The van der Waals surface area contributed by atoms with Crippen molar-refractivity contribution in [2.24, 2.45) is 0 Å². The maximum atomic E-state index is 12.3. The summed E-state index contributed by atoms with van der Waals surface area (Å²) < 4.78 is 1.83. The molecular formula is C20H20N4O2. The van der Waals surface area contributed by atoms with Crippen LogP contribution in [-0.4, -0.2) is 26.5 Å². The second-order valence-electron chi connectivity index (χ2n) is 6.13. The van der Waals surface area contributed by atoms with E-state index in [0.29, 0.717) is 18.6 Å². The Labute approximate surface area is 151 Å². The number of anilines is 1. The minimum absolute atomic E-state index is 0.0200. The summed E-state index contributed by atoms with van der Waals surface area (Å²) in [6.07, 6.45) is 0.642. The highest BCUT2D eigenvalue weighted by atomic mass is 16.2. The highest BCUT2D eigenvalue weighted by Gasteiger charge is 2.17. The maximum Gasteiger partial charge on any atom is 0.261 e. The molecule has 2 aromatic carbocycles. The molecule has 1 heterocycles. The molecule has 3 rings (SSSR count). The third kappa shape index (κ3) is 3.49. The van der Waals surface area contributed by atoms with Crippen LogP contribution in [0.4, 0.5) is 5.82 Å². The number of benzene rings is 2. The van der Waals surface area contributed by atoms with Crippen LogP contribution in [-0.2, 0) is 11.3 Å². The van der Waals surface area contributed by atoms with Gasteiger partial charge in [-0.25, -0.2) is 0 Å². The third-order valence-corrected chi connectivity index (χ3v) is 4.12. The van der Waals surface area contributed by atoms with Crippen LogP contribution in [0.3, 0.4) is 0 Å². The van der Waals surface area contributed by atoms with Gasteiger partial charge in [0.15, 0.2) is 5.82 Å². The van der Waals surface area contributed by atoms with Crippen molar-refractivity contribution in [3.63, 3.8) is 0 Å². The van der Waals surface area contributed by atoms with E-state index in [1.54, 1.807) is 0 Å². The molecule has 0 aliphatic rings. The minimum atomic E-state index is -0.564. The fourth-order valence-electron chi connectivity index (χ4n) is 2.71. The molecule has 0 saturated heterocycles. The van der Waals surface area contributed by atoms with Crippen molar-refractivity contribution in [3.05, 3.63) is 71.5 Å². The molecule has 6 heteroatoms. The predicted octanol–water partition coefficient (Wildman–Crippen LogP) is 3.81. The number of carbonyl (C=O) groups excluding carboxylic acids is 1. The van der Waals surface area contributed by atoms with Gasteiger partial charge in [0.05, 0.1) is 23.9 Å². The molecule has 0 radical (unpaired) electrons. The van der Waals surface area contributed by atoms with Gasteiger partial charge in [0.1, 0.15) is 0 Å². The number of amides is 1. The number of aromatic nitrogens is 2. The first-order chi connectivity index (χ1) is 12.5. The summed E-state index contributed by atoms with van der Waals surface area (Å²) in [5.74, 6) is -0.163. The lowest BCUT2D eigenvalue weighted by atomic mass is 10.1. The first kappa shape index (κ1) is 17.4. The molecule has 0 spiro atoms. The van der Waals surface area contributed by atoms with Crippen molar-refractivity contribution in [1.82, 2.24) is 9.78 Å². The van der Waals surface area contributed by atoms with Crippen LogP contribution < -0.4 is 5.32 Å². The van der Waals surface area contributed by atoms with Crippen molar-refractivity contribution >= 4 is 28.3 Å². The van der Waals surface area contributed by atoms with Gasteiger partial charge in [0.25, 0.3) is 5.91 Å². The van der Waals surface area contributed by atoms with E-state index in [2.05, 4.69) is 34.7 Å². The second-order valence-corrected chi connectivity index (χ2v) is 6.13. The molecule has 1 aromatic heterocycles. The Bertz CT molecular complexity index is 1000. The number of carbonyl (C=O) groups is 1. The SMILES string of the molecule is CC(=N)/C(=C\O)C(=O)Nc1nn(Cc2ccc(C)cc2)c2ccccc12. The van der Waals surface area contributed by atoms with Crippen LogP contribution in [0.1, 0.15) is 18.1 Å². The van der Waals surface area contributed by atoms with Crippen molar-refractivity contribution < 1.29 is 9.90 Å². The zero-order valence-electron chi connectivity index (χ0n) is 14.7. The van der Waals surface area contributed by atoms with Crippen LogP contribution in [0, 0.1) is 12.3 Å². The summed E-state index contributed by atoms with van der Waals surface area (Å²) in [6.45, 7) is 4.05. The zero-order chi connectivity index (χ0) is 18.7. The molecular weight excluding hydrogens is 328 g/mol. The molecule has 0 saturated carbocycles. The van der Waals surface area contributed by atoms with Gasteiger partial charge < -0.3 is 15.8 Å². The number of rotatable bonds is 5. The monoisotopic (exact) mass is 348 g/mol. The lowest BCUT2D eigenvalue weighted by molar-refractivity contribution is -0.112. The van der Waals surface area contributed by atoms with Crippen molar-refractivity contribution in [2.45, 2.75) is 20.4 Å². The van der Waals surface area contributed by atoms with Crippen molar-refractivity contribution in [1.29, 1.82) is 5.41 Å². The molecule has 0 aliphatic carbocycles. The zero-order valence-corrected chi connectivity index (χ0v) is 14.7. The largest absolute Gasteiger partial charge is 0.515 e. The summed E-state index contributed by atoms with van der Waals surface area (Å²) in [4.78, 5) is 12.3. The summed E-state index contributed by atoms with van der Waals surface area (Å²) in [7, 11) is 0. The van der Waals surface area contributed by atoms with E-state index >= 15 is 0 Å². The fourth-order valence-corrected chi connectivity index (χ4v) is 2.71. The fraction of sp³-hybridized carbons (Fsp3) is 0.150. The van der Waals surface area contributed by atoms with Crippen LogP contribution >= 0.6 is 0 Å². The number of nitrogens with one attached hydrogen (secondary N) is 2. The summed E-state index contributed by atoms with van der Waals surface area (Å²) in [6, 6.07) is 15.8. The van der Waals surface area contributed by atoms with E-state index < -0.39 is 5.91 Å². The van der Waals surface area contributed by atoms with Gasteiger partial charge >= 0.3 is 0 Å². The van der Waals surface area contributed by atoms with E-state index in [9.17, 15) is 9.90 Å². The first-order valence-electron chi connectivity index (χ1n) is 8.22. The lowest BCUT2D eigenvalue weighted by Gasteiger charge is -2.05. The van der Waals surface area contributed by atoms with Crippen molar-refractivity contribution in [3.8, 4) is 0 Å². The van der Waals surface area contributed by atoms with Crippen LogP contribution in [0.15, 0.2) is 60.4 Å². The van der Waals surface area contributed by atoms with Gasteiger partial charge in [0, 0.05) is 11.1 Å². The smallest absolute Gasteiger partial charge is 0.261 e. The number of aryl methyl sites for hydroxylation is 1. The molecule has 0 fully saturated rings. The molecule has 0 aliphatic heterocycles. The quantitative estimate of drug-likeness (QED) is 0.372. The molecule has 0 bridgehead atoms. The van der Waals surface area contributed by atoms with Gasteiger partial charge in [-0.2, -0.15) is 5.10 Å². The van der Waals surface area contributed by atoms with Gasteiger partial charge in [-0.3, -0.25) is 9.48 Å². The van der Waals surface area contributed by atoms with Gasteiger partial charge in [0.2, 0.25) is 0 Å². The molecule has 132 valence electrons. The first-order valence-corrected chi connectivity index (χ1v) is 8.22. The Morgan fingerprint density at radius 2 is 1.92 bits per heavy atom. The van der Waals surface area contributed by atoms with E-state index in [1.165, 1.54) is 12.5 Å². The number of aliphatic hydroxyl groups is 1. The highest BCUT2D eigenvalue weighted by Crippen LogP contribution is 2.24. The average Bonchev–Trinajstić information content (AvgIpc) is 2.95.